The number of fused-ring (bicyclic) bond motifs is 1. The molecule has 0 aliphatic rings. The molecule has 3 aromatic rings. The minimum atomic E-state index is -5.71. The second kappa shape index (κ2) is 6.90. The highest BCUT2D eigenvalue weighted by Crippen LogP contribution is 2.37. The van der Waals surface area contributed by atoms with E-state index in [9.17, 15) is 31.5 Å². The number of hydrogen-bond donors (Lipinski definition) is 1. The summed E-state index contributed by atoms with van der Waals surface area (Å²) in [7, 11) is 0. The quantitative estimate of drug-likeness (QED) is 0.381. The molecule has 0 fully saturated rings. The molecule has 0 saturated heterocycles. The van der Waals surface area contributed by atoms with E-state index in [1.165, 1.54) is 26.0 Å². The second-order valence-corrected chi connectivity index (χ2v) is 7.28. The zero-order valence-corrected chi connectivity index (χ0v) is 15.7. The number of nitrogens with zero attached hydrogens (tertiary/aromatic N) is 4. The highest BCUT2D eigenvalue weighted by atomic mass is 19.4. The lowest BCUT2D eigenvalue weighted by Gasteiger charge is -2.20. The SMILES string of the molecule is CC(C)(C#N)c1cc(F)c(-c2cc3ccn(CC(F)(F)C(F)(F)F)c3cn2)[n+](O)c1. The van der Waals surface area contributed by atoms with Crippen LogP contribution in [0.25, 0.3) is 22.3 Å². The van der Waals surface area contributed by atoms with Crippen molar-refractivity contribution in [2.45, 2.75) is 37.9 Å². The first kappa shape index (κ1) is 21.4. The van der Waals surface area contributed by atoms with Crippen molar-refractivity contribution in [1.29, 1.82) is 5.26 Å². The van der Waals surface area contributed by atoms with Crippen LogP contribution in [0.2, 0.25) is 0 Å². The Balaban J connectivity index is 2.03. The normalized spacial score (nSPS) is 12.9. The first-order chi connectivity index (χ1) is 13.8. The van der Waals surface area contributed by atoms with Gasteiger partial charge in [0, 0.05) is 21.9 Å². The summed E-state index contributed by atoms with van der Waals surface area (Å²) >= 11 is 0. The van der Waals surface area contributed by atoms with Gasteiger partial charge in [-0.25, -0.2) is 4.98 Å². The van der Waals surface area contributed by atoms with E-state index in [1.807, 2.05) is 6.07 Å². The van der Waals surface area contributed by atoms with Crippen molar-refractivity contribution in [2.75, 3.05) is 0 Å². The van der Waals surface area contributed by atoms with Crippen molar-refractivity contribution in [3.63, 3.8) is 0 Å². The monoisotopic (exact) mass is 429 g/mol. The number of nitriles is 1. The molecular weight excluding hydrogens is 414 g/mol. The summed E-state index contributed by atoms with van der Waals surface area (Å²) < 4.78 is 79.9. The topological polar surface area (TPSA) is 65.7 Å². The summed E-state index contributed by atoms with van der Waals surface area (Å²) in [4.78, 5) is 3.90. The summed E-state index contributed by atoms with van der Waals surface area (Å²) in [5.41, 5.74) is -1.33. The maximum absolute atomic E-state index is 14.7. The summed E-state index contributed by atoms with van der Waals surface area (Å²) in [5, 5.41) is 19.6. The highest BCUT2D eigenvalue weighted by Gasteiger charge is 2.57. The van der Waals surface area contributed by atoms with Gasteiger partial charge in [-0.3, -0.25) is 5.21 Å². The Morgan fingerprint density at radius 2 is 1.87 bits per heavy atom. The van der Waals surface area contributed by atoms with E-state index in [-0.39, 0.29) is 27.9 Å². The average molecular weight is 429 g/mol. The fourth-order valence-corrected chi connectivity index (χ4v) is 2.85. The van der Waals surface area contributed by atoms with Gasteiger partial charge in [0.15, 0.2) is 0 Å². The Labute approximate surface area is 166 Å². The van der Waals surface area contributed by atoms with Crippen LogP contribution in [0.3, 0.4) is 0 Å². The van der Waals surface area contributed by atoms with Gasteiger partial charge in [0.2, 0.25) is 12.0 Å². The van der Waals surface area contributed by atoms with E-state index in [2.05, 4.69) is 4.98 Å². The van der Waals surface area contributed by atoms with Gasteiger partial charge < -0.3 is 4.57 Å². The van der Waals surface area contributed by atoms with Crippen LogP contribution in [0.4, 0.5) is 26.3 Å². The van der Waals surface area contributed by atoms with Crippen LogP contribution >= 0.6 is 0 Å². The fraction of sp³-hybridized carbons (Fsp3) is 0.316. The third-order valence-electron chi connectivity index (χ3n) is 4.68. The largest absolute Gasteiger partial charge is 0.455 e. The van der Waals surface area contributed by atoms with E-state index in [1.54, 1.807) is 0 Å². The summed E-state index contributed by atoms with van der Waals surface area (Å²) in [6.07, 6.45) is -2.51. The number of halogens is 6. The van der Waals surface area contributed by atoms with Crippen molar-refractivity contribution >= 4 is 10.9 Å². The van der Waals surface area contributed by atoms with Crippen molar-refractivity contribution < 1.29 is 36.3 Å². The number of aromatic nitrogens is 3. The van der Waals surface area contributed by atoms with E-state index in [4.69, 9.17) is 5.26 Å². The van der Waals surface area contributed by atoms with E-state index in [0.717, 1.165) is 24.7 Å². The van der Waals surface area contributed by atoms with Gasteiger partial charge in [-0.15, -0.1) is 0 Å². The number of alkyl halides is 5. The summed E-state index contributed by atoms with van der Waals surface area (Å²) in [6.45, 7) is 1.43. The molecule has 0 unspecified atom stereocenters. The van der Waals surface area contributed by atoms with Gasteiger partial charge in [-0.2, -0.15) is 31.6 Å². The molecular formula is C19H15F6N4O+. The third kappa shape index (κ3) is 3.65. The first-order valence-electron chi connectivity index (χ1n) is 8.53. The lowest BCUT2D eigenvalue weighted by Crippen LogP contribution is -2.40. The molecule has 3 aromatic heterocycles. The number of pyridine rings is 2. The zero-order valence-electron chi connectivity index (χ0n) is 15.7. The maximum Gasteiger partial charge on any atom is 0.455 e. The Bertz CT molecular complexity index is 1140. The molecule has 0 spiro atoms. The highest BCUT2D eigenvalue weighted by molar-refractivity contribution is 5.82. The smallest absolute Gasteiger partial charge is 0.340 e. The molecule has 0 bridgehead atoms. The molecule has 0 aliphatic carbocycles. The molecule has 0 saturated carbocycles. The molecule has 0 aromatic carbocycles. The third-order valence-corrected chi connectivity index (χ3v) is 4.68. The van der Waals surface area contributed by atoms with Crippen LogP contribution in [0.15, 0.2) is 36.8 Å². The molecule has 3 rings (SSSR count). The molecule has 1 N–H and O–H groups in total. The molecule has 0 amide bonds. The minimum absolute atomic E-state index is 0.0187. The summed E-state index contributed by atoms with van der Waals surface area (Å²) in [5.74, 6) is -5.84. The zero-order chi connectivity index (χ0) is 22.5. The Morgan fingerprint density at radius 1 is 1.20 bits per heavy atom. The lowest BCUT2D eigenvalue weighted by molar-refractivity contribution is -0.897. The molecule has 0 atom stereocenters. The molecule has 3 heterocycles. The molecule has 5 nitrogen and oxygen atoms in total. The van der Waals surface area contributed by atoms with Crippen LogP contribution < -0.4 is 4.73 Å². The second-order valence-electron chi connectivity index (χ2n) is 7.28. The fourth-order valence-electron chi connectivity index (χ4n) is 2.85. The standard InChI is InChI=1S/C19H15F6N4O/c1-17(2,9-26)12-6-13(20)16(29(30)8-12)14-5-11-3-4-28(15(11)7-27-14)10-18(21,22)19(23,24)25/h3-8,30H,10H2,1-2H3/q+1. The van der Waals surface area contributed by atoms with E-state index in [0.29, 0.717) is 9.30 Å². The summed E-state index contributed by atoms with van der Waals surface area (Å²) in [6, 6.07) is 5.56. The van der Waals surface area contributed by atoms with Gasteiger partial charge in [0.25, 0.3) is 0 Å². The molecule has 0 radical (unpaired) electrons. The molecule has 30 heavy (non-hydrogen) atoms. The van der Waals surface area contributed by atoms with Crippen molar-refractivity contribution in [2.24, 2.45) is 0 Å². The lowest BCUT2D eigenvalue weighted by atomic mass is 9.87. The number of rotatable bonds is 4. The average Bonchev–Trinajstić information content (AvgIpc) is 3.01. The minimum Gasteiger partial charge on any atom is -0.340 e. The molecule has 0 aliphatic heterocycles. The predicted molar refractivity (Wildman–Crippen MR) is 92.1 cm³/mol. The van der Waals surface area contributed by atoms with Gasteiger partial charge >= 0.3 is 17.8 Å². The van der Waals surface area contributed by atoms with E-state index >= 15 is 0 Å². The first-order valence-corrected chi connectivity index (χ1v) is 8.53. The Hall–Kier alpha value is -3.29. The number of hydrogen-bond acceptors (Lipinski definition) is 3. The molecule has 158 valence electrons. The van der Waals surface area contributed by atoms with Crippen LogP contribution in [0.5, 0.6) is 0 Å². The Morgan fingerprint density at radius 3 is 2.43 bits per heavy atom. The van der Waals surface area contributed by atoms with Crippen LogP contribution in [0.1, 0.15) is 19.4 Å². The van der Waals surface area contributed by atoms with Gasteiger partial charge in [0.05, 0.1) is 29.7 Å². The predicted octanol–water partition coefficient (Wildman–Crippen LogP) is 4.37. The van der Waals surface area contributed by atoms with Crippen LogP contribution in [-0.4, -0.2) is 26.9 Å². The maximum atomic E-state index is 14.7. The van der Waals surface area contributed by atoms with Crippen molar-refractivity contribution in [1.82, 2.24) is 9.55 Å². The van der Waals surface area contributed by atoms with Crippen molar-refractivity contribution in [3.05, 3.63) is 48.2 Å². The van der Waals surface area contributed by atoms with Gasteiger partial charge in [-0.1, -0.05) is 0 Å². The van der Waals surface area contributed by atoms with Crippen LogP contribution in [0, 0.1) is 17.1 Å². The van der Waals surface area contributed by atoms with Gasteiger partial charge in [-0.05, 0) is 32.0 Å². The van der Waals surface area contributed by atoms with Crippen molar-refractivity contribution in [3.8, 4) is 17.5 Å². The van der Waals surface area contributed by atoms with Crippen LogP contribution in [-0.2, 0) is 12.0 Å². The van der Waals surface area contributed by atoms with Gasteiger partial charge in [0.1, 0.15) is 5.69 Å². The van der Waals surface area contributed by atoms with E-state index < -0.39 is 29.9 Å². The Kier molecular flexibility index (Phi) is 4.92. The molecule has 11 heteroatoms.